The molecule has 1 aromatic heterocycles. The molecule has 104 valence electrons. The minimum absolute atomic E-state index is 0.00936. The number of nitrogens with one attached hydrogen (secondary N) is 1. The summed E-state index contributed by atoms with van der Waals surface area (Å²) in [5.41, 5.74) is 1.19. The summed E-state index contributed by atoms with van der Waals surface area (Å²) >= 11 is 6.10. The first-order valence-corrected chi connectivity index (χ1v) is 6.43. The van der Waals surface area contributed by atoms with Crippen LogP contribution in [0.2, 0.25) is 5.02 Å². The maximum Gasteiger partial charge on any atom is 0.271 e. The normalized spacial score (nSPS) is 10.5. The average molecular weight is 301 g/mol. The minimum Gasteiger partial charge on any atom is -0.338 e. The number of halogens is 1. The molecule has 0 saturated carbocycles. The number of para-hydroxylation sites is 1. The molecule has 1 N–H and O–H groups in total. The molecule has 0 bridgehead atoms. The van der Waals surface area contributed by atoms with E-state index in [1.54, 1.807) is 12.1 Å². The predicted octanol–water partition coefficient (Wildman–Crippen LogP) is 3.94. The molecule has 0 amide bonds. The maximum absolute atomic E-state index is 10.8. The Bertz CT molecular complexity index is 838. The van der Waals surface area contributed by atoms with Crippen molar-refractivity contribution in [2.75, 3.05) is 5.32 Å². The minimum atomic E-state index is -0.456. The fourth-order valence-electron chi connectivity index (χ4n) is 1.95. The van der Waals surface area contributed by atoms with Gasteiger partial charge in [-0.2, -0.15) is 0 Å². The van der Waals surface area contributed by atoms with E-state index in [9.17, 15) is 10.1 Å². The second-order valence-corrected chi connectivity index (χ2v) is 4.69. The standard InChI is InChI=1S/C14H9ClN4O2/c15-11-3-1-2-4-12(11)18-14-10-6-5-9(19(20)21)7-13(10)16-8-17-14/h1-8H,(H,16,17,18). The van der Waals surface area contributed by atoms with E-state index in [2.05, 4.69) is 15.3 Å². The van der Waals surface area contributed by atoms with Gasteiger partial charge < -0.3 is 5.32 Å². The topological polar surface area (TPSA) is 81.0 Å². The first-order valence-electron chi connectivity index (χ1n) is 6.06. The summed E-state index contributed by atoms with van der Waals surface area (Å²) in [5.74, 6) is 0.544. The van der Waals surface area contributed by atoms with Crippen LogP contribution in [0, 0.1) is 10.1 Å². The third kappa shape index (κ3) is 2.61. The Morgan fingerprint density at radius 1 is 1.14 bits per heavy atom. The van der Waals surface area contributed by atoms with Crippen molar-refractivity contribution < 1.29 is 4.92 Å². The summed E-state index contributed by atoms with van der Waals surface area (Å²) in [7, 11) is 0. The highest BCUT2D eigenvalue weighted by Gasteiger charge is 2.11. The second-order valence-electron chi connectivity index (χ2n) is 4.29. The number of fused-ring (bicyclic) bond motifs is 1. The van der Waals surface area contributed by atoms with E-state index in [1.807, 2.05) is 18.2 Å². The van der Waals surface area contributed by atoms with Gasteiger partial charge in [-0.1, -0.05) is 23.7 Å². The number of anilines is 2. The Balaban J connectivity index is 2.07. The van der Waals surface area contributed by atoms with Gasteiger partial charge in [-0.05, 0) is 18.2 Å². The molecule has 0 aliphatic carbocycles. The lowest BCUT2D eigenvalue weighted by Gasteiger charge is -2.09. The Morgan fingerprint density at radius 2 is 1.95 bits per heavy atom. The van der Waals surface area contributed by atoms with E-state index in [0.29, 0.717) is 27.4 Å². The molecule has 0 aliphatic rings. The SMILES string of the molecule is O=[N+]([O-])c1ccc2c(Nc3ccccc3Cl)ncnc2c1. The largest absolute Gasteiger partial charge is 0.338 e. The molecule has 0 fully saturated rings. The van der Waals surface area contributed by atoms with Crippen LogP contribution in [0.3, 0.4) is 0 Å². The van der Waals surface area contributed by atoms with Crippen LogP contribution < -0.4 is 5.32 Å². The van der Waals surface area contributed by atoms with Gasteiger partial charge in [-0.3, -0.25) is 10.1 Å². The monoisotopic (exact) mass is 300 g/mol. The molecular weight excluding hydrogens is 292 g/mol. The smallest absolute Gasteiger partial charge is 0.271 e. The molecule has 3 rings (SSSR count). The Hall–Kier alpha value is -2.73. The van der Waals surface area contributed by atoms with Gasteiger partial charge in [0.05, 0.1) is 21.2 Å². The van der Waals surface area contributed by atoms with E-state index in [-0.39, 0.29) is 5.69 Å². The Kier molecular flexibility index (Phi) is 3.37. The fraction of sp³-hybridized carbons (Fsp3) is 0. The van der Waals surface area contributed by atoms with E-state index >= 15 is 0 Å². The molecule has 0 atom stereocenters. The van der Waals surface area contributed by atoms with Gasteiger partial charge in [0, 0.05) is 17.5 Å². The first-order chi connectivity index (χ1) is 10.1. The van der Waals surface area contributed by atoms with E-state index in [4.69, 9.17) is 11.6 Å². The van der Waals surface area contributed by atoms with Crippen molar-refractivity contribution in [3.05, 3.63) is 63.9 Å². The van der Waals surface area contributed by atoms with E-state index in [1.165, 1.54) is 18.5 Å². The van der Waals surface area contributed by atoms with Gasteiger partial charge in [0.25, 0.3) is 5.69 Å². The zero-order chi connectivity index (χ0) is 14.8. The van der Waals surface area contributed by atoms with Crippen LogP contribution in [0.5, 0.6) is 0 Å². The third-order valence-corrected chi connectivity index (χ3v) is 3.29. The maximum atomic E-state index is 10.8. The van der Waals surface area contributed by atoms with Crippen LogP contribution in [-0.2, 0) is 0 Å². The Morgan fingerprint density at radius 3 is 2.71 bits per heavy atom. The molecule has 0 radical (unpaired) electrons. The molecule has 0 aliphatic heterocycles. The van der Waals surface area contributed by atoms with Gasteiger partial charge in [-0.15, -0.1) is 0 Å². The van der Waals surface area contributed by atoms with Crippen molar-refractivity contribution in [2.24, 2.45) is 0 Å². The van der Waals surface area contributed by atoms with Crippen LogP contribution in [0.25, 0.3) is 10.9 Å². The van der Waals surface area contributed by atoms with Gasteiger partial charge in [0.15, 0.2) is 0 Å². The zero-order valence-corrected chi connectivity index (χ0v) is 11.4. The lowest BCUT2D eigenvalue weighted by Crippen LogP contribution is -1.97. The molecule has 3 aromatic rings. The van der Waals surface area contributed by atoms with Gasteiger partial charge in [-0.25, -0.2) is 9.97 Å². The number of hydrogen-bond acceptors (Lipinski definition) is 5. The van der Waals surface area contributed by atoms with E-state index in [0.717, 1.165) is 0 Å². The molecule has 0 spiro atoms. The predicted molar refractivity (Wildman–Crippen MR) is 80.9 cm³/mol. The van der Waals surface area contributed by atoms with Gasteiger partial charge in [0.1, 0.15) is 12.1 Å². The molecule has 6 nitrogen and oxygen atoms in total. The van der Waals surface area contributed by atoms with Crippen molar-refractivity contribution in [1.82, 2.24) is 9.97 Å². The van der Waals surface area contributed by atoms with Crippen LogP contribution in [-0.4, -0.2) is 14.9 Å². The third-order valence-electron chi connectivity index (χ3n) is 2.96. The highest BCUT2D eigenvalue weighted by molar-refractivity contribution is 6.33. The van der Waals surface area contributed by atoms with Crippen LogP contribution in [0.4, 0.5) is 17.2 Å². The number of benzene rings is 2. The van der Waals surface area contributed by atoms with Crippen molar-refractivity contribution >= 4 is 39.7 Å². The average Bonchev–Trinajstić information content (AvgIpc) is 2.49. The quantitative estimate of drug-likeness (QED) is 0.585. The molecular formula is C14H9ClN4O2. The fourth-order valence-corrected chi connectivity index (χ4v) is 2.13. The first kappa shape index (κ1) is 13.3. The van der Waals surface area contributed by atoms with Crippen LogP contribution in [0.15, 0.2) is 48.8 Å². The summed E-state index contributed by atoms with van der Waals surface area (Å²) in [4.78, 5) is 18.6. The number of nitro benzene ring substituents is 1. The van der Waals surface area contributed by atoms with E-state index < -0.39 is 4.92 Å². The molecule has 7 heteroatoms. The Labute approximate surface area is 124 Å². The molecule has 1 heterocycles. The number of aromatic nitrogens is 2. The van der Waals surface area contributed by atoms with Crippen molar-refractivity contribution in [3.63, 3.8) is 0 Å². The molecule has 21 heavy (non-hydrogen) atoms. The second kappa shape index (κ2) is 5.34. The highest BCUT2D eigenvalue weighted by atomic mass is 35.5. The molecule has 2 aromatic carbocycles. The summed E-state index contributed by atoms with van der Waals surface area (Å²) < 4.78 is 0. The molecule has 0 unspecified atom stereocenters. The summed E-state index contributed by atoms with van der Waals surface area (Å²) in [6, 6.07) is 11.7. The zero-order valence-electron chi connectivity index (χ0n) is 10.7. The number of rotatable bonds is 3. The number of nitrogens with zero attached hydrogens (tertiary/aromatic N) is 3. The number of hydrogen-bond donors (Lipinski definition) is 1. The van der Waals surface area contributed by atoms with Gasteiger partial charge in [0.2, 0.25) is 0 Å². The van der Waals surface area contributed by atoms with Gasteiger partial charge >= 0.3 is 0 Å². The van der Waals surface area contributed by atoms with Crippen molar-refractivity contribution in [1.29, 1.82) is 0 Å². The lowest BCUT2D eigenvalue weighted by molar-refractivity contribution is -0.384. The number of nitro groups is 1. The highest BCUT2D eigenvalue weighted by Crippen LogP contribution is 2.29. The molecule has 0 saturated heterocycles. The van der Waals surface area contributed by atoms with Crippen LogP contribution in [0.1, 0.15) is 0 Å². The summed E-state index contributed by atoms with van der Waals surface area (Å²) in [6.45, 7) is 0. The van der Waals surface area contributed by atoms with Crippen molar-refractivity contribution in [2.45, 2.75) is 0 Å². The van der Waals surface area contributed by atoms with Crippen molar-refractivity contribution in [3.8, 4) is 0 Å². The lowest BCUT2D eigenvalue weighted by atomic mass is 10.2. The number of non-ortho nitro benzene ring substituents is 1. The summed E-state index contributed by atoms with van der Waals surface area (Å²) in [6.07, 6.45) is 1.35. The summed E-state index contributed by atoms with van der Waals surface area (Å²) in [5, 5.41) is 15.1. The van der Waals surface area contributed by atoms with Crippen LogP contribution >= 0.6 is 11.6 Å².